The highest BCUT2D eigenvalue weighted by atomic mass is 35.5. The Balaban J connectivity index is 1.95. The fourth-order valence-electron chi connectivity index (χ4n) is 2.24. The molecule has 1 aromatic heterocycles. The van der Waals surface area contributed by atoms with Crippen molar-refractivity contribution in [3.63, 3.8) is 0 Å². The van der Waals surface area contributed by atoms with Crippen LogP contribution in [0.5, 0.6) is 0 Å². The van der Waals surface area contributed by atoms with Crippen molar-refractivity contribution in [2.45, 2.75) is 17.9 Å². The van der Waals surface area contributed by atoms with Gasteiger partial charge in [0.2, 0.25) is 17.2 Å². The molecule has 0 aliphatic heterocycles. The van der Waals surface area contributed by atoms with Crippen molar-refractivity contribution in [2.75, 3.05) is 10.6 Å². The number of aromatic nitrogens is 3. The average molecular weight is 376 g/mol. The van der Waals surface area contributed by atoms with Crippen LogP contribution in [0.3, 0.4) is 0 Å². The molecule has 3 rings (SSSR count). The molecule has 3 N–H and O–H groups in total. The maximum Gasteiger partial charge on any atom is 0.325 e. The normalized spacial score (nSPS) is 12.0. The maximum absolute atomic E-state index is 11.0. The van der Waals surface area contributed by atoms with Gasteiger partial charge >= 0.3 is 5.97 Å². The molecule has 0 saturated heterocycles. The summed E-state index contributed by atoms with van der Waals surface area (Å²) in [5, 5.41) is 16.6. The van der Waals surface area contributed by atoms with Crippen LogP contribution in [0.4, 0.5) is 17.6 Å². The van der Waals surface area contributed by atoms with Gasteiger partial charge in [0.05, 0.1) is 0 Å². The number of aliphatic carboxylic acids is 1. The highest BCUT2D eigenvalue weighted by molar-refractivity contribution is 7.80. The standard InChI is InChI=1S/C16H14ClN5O2S/c1-8(13(23)24)18-15-20-14(17)21-16(22-15)19-11-6-7-12(25)10-5-3-2-4-9(10)11/h2-8,25H,1H3,(H,23,24)(H2,18,19,20,21,22). The number of carboxylic acid groups (broad SMARTS) is 1. The first-order valence-electron chi connectivity index (χ1n) is 7.32. The number of halogens is 1. The number of fused-ring (bicyclic) bond motifs is 1. The van der Waals surface area contributed by atoms with Crippen molar-refractivity contribution in [3.05, 3.63) is 41.7 Å². The van der Waals surface area contributed by atoms with Crippen molar-refractivity contribution < 1.29 is 9.90 Å². The van der Waals surface area contributed by atoms with Crippen LogP contribution in [-0.4, -0.2) is 32.1 Å². The fourth-order valence-corrected chi connectivity index (χ4v) is 2.67. The molecule has 9 heteroatoms. The van der Waals surface area contributed by atoms with Crippen LogP contribution < -0.4 is 10.6 Å². The summed E-state index contributed by atoms with van der Waals surface area (Å²) in [6, 6.07) is 10.6. The largest absolute Gasteiger partial charge is 0.480 e. The topological polar surface area (TPSA) is 100 Å². The molecule has 25 heavy (non-hydrogen) atoms. The Hall–Kier alpha value is -2.58. The number of nitrogens with zero attached hydrogens (tertiary/aromatic N) is 3. The lowest BCUT2D eigenvalue weighted by molar-refractivity contribution is -0.137. The van der Waals surface area contributed by atoms with Crippen LogP contribution in [0.25, 0.3) is 10.8 Å². The molecule has 1 heterocycles. The molecule has 1 atom stereocenters. The minimum atomic E-state index is -1.03. The summed E-state index contributed by atoms with van der Waals surface area (Å²) >= 11 is 10.4. The van der Waals surface area contributed by atoms with E-state index in [1.807, 2.05) is 36.4 Å². The van der Waals surface area contributed by atoms with Gasteiger partial charge in [0, 0.05) is 16.0 Å². The van der Waals surface area contributed by atoms with E-state index >= 15 is 0 Å². The SMILES string of the molecule is CC(Nc1nc(Cl)nc(Nc2ccc(S)c3ccccc23)n1)C(=O)O. The van der Waals surface area contributed by atoms with Gasteiger partial charge in [-0.3, -0.25) is 4.79 Å². The highest BCUT2D eigenvalue weighted by Crippen LogP contribution is 2.30. The van der Waals surface area contributed by atoms with E-state index in [4.69, 9.17) is 16.7 Å². The first kappa shape index (κ1) is 17.2. The minimum absolute atomic E-state index is 0.0484. The predicted molar refractivity (Wildman–Crippen MR) is 100 cm³/mol. The Kier molecular flexibility index (Phi) is 4.91. The molecule has 0 aliphatic rings. The third-order valence-corrected chi connectivity index (χ3v) is 4.03. The van der Waals surface area contributed by atoms with E-state index in [1.54, 1.807) is 0 Å². The summed E-state index contributed by atoms with van der Waals surface area (Å²) in [6.45, 7) is 1.48. The third kappa shape index (κ3) is 3.92. The lowest BCUT2D eigenvalue weighted by Gasteiger charge is -2.12. The summed E-state index contributed by atoms with van der Waals surface area (Å²) in [4.78, 5) is 23.9. The average Bonchev–Trinajstić information content (AvgIpc) is 2.57. The molecule has 0 spiro atoms. The summed E-state index contributed by atoms with van der Waals surface area (Å²) < 4.78 is 0. The Bertz CT molecular complexity index is 953. The fraction of sp³-hybridized carbons (Fsp3) is 0.125. The zero-order chi connectivity index (χ0) is 18.0. The van der Waals surface area contributed by atoms with Crippen LogP contribution >= 0.6 is 24.2 Å². The van der Waals surface area contributed by atoms with Crippen LogP contribution in [-0.2, 0) is 4.79 Å². The van der Waals surface area contributed by atoms with Gasteiger partial charge in [-0.05, 0) is 36.0 Å². The number of hydrogen-bond acceptors (Lipinski definition) is 7. The number of rotatable bonds is 5. The second-order valence-corrected chi connectivity index (χ2v) is 6.08. The molecule has 0 aliphatic carbocycles. The van der Waals surface area contributed by atoms with Gasteiger partial charge in [-0.15, -0.1) is 12.6 Å². The monoisotopic (exact) mass is 375 g/mol. The summed E-state index contributed by atoms with van der Waals surface area (Å²) in [6.07, 6.45) is 0. The highest BCUT2D eigenvalue weighted by Gasteiger charge is 2.14. The van der Waals surface area contributed by atoms with Crippen LogP contribution in [0.15, 0.2) is 41.3 Å². The maximum atomic E-state index is 11.0. The van der Waals surface area contributed by atoms with Crippen LogP contribution in [0.1, 0.15) is 6.92 Å². The third-order valence-electron chi connectivity index (χ3n) is 3.47. The number of carboxylic acids is 1. The molecule has 128 valence electrons. The van der Waals surface area contributed by atoms with Crippen molar-refractivity contribution in [1.29, 1.82) is 0 Å². The van der Waals surface area contributed by atoms with E-state index < -0.39 is 12.0 Å². The van der Waals surface area contributed by atoms with E-state index in [2.05, 4.69) is 38.2 Å². The number of hydrogen-bond donors (Lipinski definition) is 4. The summed E-state index contributed by atoms with van der Waals surface area (Å²) in [5.41, 5.74) is 0.771. The van der Waals surface area contributed by atoms with E-state index in [0.717, 1.165) is 21.4 Å². The number of carbonyl (C=O) groups is 1. The number of anilines is 3. The molecular weight excluding hydrogens is 362 g/mol. The molecular formula is C16H14ClN5O2S. The van der Waals surface area contributed by atoms with E-state index in [1.165, 1.54) is 6.92 Å². The molecule has 3 aromatic rings. The van der Waals surface area contributed by atoms with Gasteiger partial charge in [0.25, 0.3) is 0 Å². The van der Waals surface area contributed by atoms with Gasteiger partial charge in [-0.2, -0.15) is 15.0 Å². The quantitative estimate of drug-likeness (QED) is 0.505. The van der Waals surface area contributed by atoms with Crippen LogP contribution in [0, 0.1) is 0 Å². The minimum Gasteiger partial charge on any atom is -0.480 e. The molecule has 0 fully saturated rings. The summed E-state index contributed by atoms with van der Waals surface area (Å²) in [5.74, 6) is -0.744. The van der Waals surface area contributed by atoms with Gasteiger partial charge in [0.15, 0.2) is 0 Å². The molecule has 0 bridgehead atoms. The first-order chi connectivity index (χ1) is 11.9. The van der Waals surface area contributed by atoms with Crippen molar-refractivity contribution >= 4 is 58.6 Å². The predicted octanol–water partition coefficient (Wildman–Crippen LogP) is 3.60. The van der Waals surface area contributed by atoms with Gasteiger partial charge in [-0.1, -0.05) is 24.3 Å². The van der Waals surface area contributed by atoms with Crippen molar-refractivity contribution in [1.82, 2.24) is 15.0 Å². The first-order valence-corrected chi connectivity index (χ1v) is 8.15. The zero-order valence-corrected chi connectivity index (χ0v) is 14.7. The second-order valence-electron chi connectivity index (χ2n) is 5.26. The Morgan fingerprint density at radius 1 is 1.12 bits per heavy atom. The number of benzene rings is 2. The molecule has 1 unspecified atom stereocenters. The van der Waals surface area contributed by atoms with E-state index in [9.17, 15) is 4.79 Å². The second kappa shape index (κ2) is 7.12. The van der Waals surface area contributed by atoms with Crippen molar-refractivity contribution in [3.8, 4) is 0 Å². The Labute approximate surface area is 153 Å². The smallest absolute Gasteiger partial charge is 0.325 e. The molecule has 7 nitrogen and oxygen atoms in total. The molecule has 0 radical (unpaired) electrons. The Morgan fingerprint density at radius 3 is 2.52 bits per heavy atom. The Morgan fingerprint density at radius 2 is 1.80 bits per heavy atom. The van der Waals surface area contributed by atoms with Crippen molar-refractivity contribution in [2.24, 2.45) is 0 Å². The number of thiol groups is 1. The van der Waals surface area contributed by atoms with E-state index in [0.29, 0.717) is 0 Å². The van der Waals surface area contributed by atoms with Gasteiger partial charge < -0.3 is 15.7 Å². The molecule has 0 saturated carbocycles. The lowest BCUT2D eigenvalue weighted by Crippen LogP contribution is -2.26. The zero-order valence-electron chi connectivity index (χ0n) is 13.1. The van der Waals surface area contributed by atoms with Crippen LogP contribution in [0.2, 0.25) is 5.28 Å². The molecule has 2 aromatic carbocycles. The van der Waals surface area contributed by atoms with E-state index in [-0.39, 0.29) is 17.2 Å². The van der Waals surface area contributed by atoms with Gasteiger partial charge in [-0.25, -0.2) is 0 Å². The summed E-state index contributed by atoms with van der Waals surface area (Å²) in [7, 11) is 0. The molecule has 0 amide bonds. The van der Waals surface area contributed by atoms with Gasteiger partial charge in [0.1, 0.15) is 6.04 Å². The number of nitrogens with one attached hydrogen (secondary N) is 2. The lowest BCUT2D eigenvalue weighted by atomic mass is 10.1.